The van der Waals surface area contributed by atoms with Crippen molar-refractivity contribution in [2.24, 2.45) is 4.99 Å². The first-order valence-electron chi connectivity index (χ1n) is 3.56. The van der Waals surface area contributed by atoms with Crippen LogP contribution in [0.15, 0.2) is 17.6 Å². The maximum absolute atomic E-state index is 10.0. The molecule has 0 N–H and O–H groups in total. The smallest absolute Gasteiger partial charge is 0.0418 e. The van der Waals surface area contributed by atoms with E-state index >= 15 is 0 Å². The minimum Gasteiger partial charge on any atom is -0.550 e. The highest BCUT2D eigenvalue weighted by Crippen LogP contribution is 1.93. The van der Waals surface area contributed by atoms with Gasteiger partial charge in [0, 0.05) is 18.2 Å². The summed E-state index contributed by atoms with van der Waals surface area (Å²) in [4.78, 5) is 14.0. The van der Waals surface area contributed by atoms with Crippen molar-refractivity contribution in [3.05, 3.63) is 12.7 Å². The number of carboxylic acids is 1. The number of hydrogen-bond donors (Lipinski definition) is 0. The van der Waals surface area contributed by atoms with Gasteiger partial charge in [-0.25, -0.2) is 0 Å². The molecule has 11 heavy (non-hydrogen) atoms. The molecule has 0 aliphatic heterocycles. The van der Waals surface area contributed by atoms with Crippen LogP contribution in [0.4, 0.5) is 0 Å². The second-order valence-corrected chi connectivity index (χ2v) is 2.04. The standard InChI is InChI=1S/C8H13NO2/c1-3-7(9-4-2)5-6-8(10)11/h3H,1,4-6H2,2H3,(H,10,11)/p-1. The minimum atomic E-state index is -1.05. The summed E-state index contributed by atoms with van der Waals surface area (Å²) in [5, 5.41) is 10.0. The van der Waals surface area contributed by atoms with Gasteiger partial charge in [0.2, 0.25) is 0 Å². The van der Waals surface area contributed by atoms with Gasteiger partial charge in [0.05, 0.1) is 0 Å². The third-order valence-electron chi connectivity index (χ3n) is 1.18. The van der Waals surface area contributed by atoms with E-state index in [4.69, 9.17) is 0 Å². The van der Waals surface area contributed by atoms with E-state index in [2.05, 4.69) is 11.6 Å². The van der Waals surface area contributed by atoms with Crippen molar-refractivity contribution in [1.29, 1.82) is 0 Å². The Kier molecular flexibility index (Phi) is 5.07. The van der Waals surface area contributed by atoms with E-state index in [-0.39, 0.29) is 6.42 Å². The van der Waals surface area contributed by atoms with Crippen molar-refractivity contribution in [2.45, 2.75) is 19.8 Å². The van der Waals surface area contributed by atoms with Gasteiger partial charge >= 0.3 is 0 Å². The summed E-state index contributed by atoms with van der Waals surface area (Å²) >= 11 is 0. The number of carbonyl (C=O) groups excluding carboxylic acids is 1. The summed E-state index contributed by atoms with van der Waals surface area (Å²) in [6.45, 7) is 6.07. The van der Waals surface area contributed by atoms with Crippen molar-refractivity contribution in [3.8, 4) is 0 Å². The van der Waals surface area contributed by atoms with Crippen molar-refractivity contribution in [3.63, 3.8) is 0 Å². The van der Waals surface area contributed by atoms with Gasteiger partial charge < -0.3 is 9.90 Å². The second kappa shape index (κ2) is 5.65. The predicted molar refractivity (Wildman–Crippen MR) is 42.4 cm³/mol. The molecule has 0 aromatic carbocycles. The molecule has 0 atom stereocenters. The third-order valence-corrected chi connectivity index (χ3v) is 1.18. The average Bonchev–Trinajstić information content (AvgIpc) is 1.97. The van der Waals surface area contributed by atoms with Gasteiger partial charge in [0.1, 0.15) is 0 Å². The Morgan fingerprint density at radius 3 is 2.64 bits per heavy atom. The number of aliphatic carboxylic acids is 1. The van der Waals surface area contributed by atoms with Crippen molar-refractivity contribution in [2.75, 3.05) is 6.54 Å². The molecule has 0 unspecified atom stereocenters. The summed E-state index contributed by atoms with van der Waals surface area (Å²) < 4.78 is 0. The maximum Gasteiger partial charge on any atom is 0.0418 e. The van der Waals surface area contributed by atoms with E-state index in [9.17, 15) is 9.90 Å². The number of aliphatic imine (C=N–C) groups is 1. The topological polar surface area (TPSA) is 52.5 Å². The molecule has 0 radical (unpaired) electrons. The lowest BCUT2D eigenvalue weighted by molar-refractivity contribution is -0.305. The Hall–Kier alpha value is -1.12. The fourth-order valence-corrected chi connectivity index (χ4v) is 0.679. The molecule has 0 rings (SSSR count). The van der Waals surface area contributed by atoms with E-state index in [1.807, 2.05) is 6.92 Å². The number of nitrogens with zero attached hydrogens (tertiary/aromatic N) is 1. The first-order chi connectivity index (χ1) is 5.20. The summed E-state index contributed by atoms with van der Waals surface area (Å²) in [5.41, 5.74) is 0.733. The van der Waals surface area contributed by atoms with Crippen molar-refractivity contribution >= 4 is 11.7 Å². The van der Waals surface area contributed by atoms with E-state index < -0.39 is 5.97 Å². The molecule has 0 aliphatic carbocycles. The molecule has 0 fully saturated rings. The zero-order chi connectivity index (χ0) is 8.69. The third kappa shape index (κ3) is 5.33. The lowest BCUT2D eigenvalue weighted by Crippen LogP contribution is -2.22. The van der Waals surface area contributed by atoms with E-state index in [1.54, 1.807) is 6.08 Å². The molecular weight excluding hydrogens is 142 g/mol. The SMILES string of the molecule is C=CC(CCC(=O)[O-])=NCC. The Balaban J connectivity index is 3.79. The van der Waals surface area contributed by atoms with Gasteiger partial charge in [0.25, 0.3) is 0 Å². The summed E-state index contributed by atoms with van der Waals surface area (Å²) in [6, 6.07) is 0. The van der Waals surface area contributed by atoms with Crippen LogP contribution >= 0.6 is 0 Å². The van der Waals surface area contributed by atoms with Crippen LogP contribution in [0.25, 0.3) is 0 Å². The second-order valence-electron chi connectivity index (χ2n) is 2.04. The van der Waals surface area contributed by atoms with Crippen LogP contribution in [0.3, 0.4) is 0 Å². The molecule has 0 aromatic rings. The molecule has 0 spiro atoms. The first kappa shape index (κ1) is 9.88. The molecular formula is C8H12NO2-. The van der Waals surface area contributed by atoms with Crippen molar-refractivity contribution < 1.29 is 9.90 Å². The molecule has 0 heterocycles. The van der Waals surface area contributed by atoms with Crippen LogP contribution in [0.5, 0.6) is 0 Å². The molecule has 0 amide bonds. The first-order valence-corrected chi connectivity index (χ1v) is 3.56. The van der Waals surface area contributed by atoms with Crippen LogP contribution in [-0.4, -0.2) is 18.2 Å². The van der Waals surface area contributed by atoms with Gasteiger partial charge in [-0.05, 0) is 25.8 Å². The number of allylic oxidation sites excluding steroid dienone is 1. The van der Waals surface area contributed by atoms with E-state index in [0.717, 1.165) is 5.71 Å². The number of rotatable bonds is 5. The molecule has 0 bridgehead atoms. The number of hydrogen-bond acceptors (Lipinski definition) is 3. The average molecular weight is 154 g/mol. The Morgan fingerprint density at radius 1 is 1.64 bits per heavy atom. The molecule has 62 valence electrons. The molecule has 0 saturated heterocycles. The van der Waals surface area contributed by atoms with Crippen LogP contribution in [-0.2, 0) is 4.79 Å². The number of carbonyl (C=O) groups is 1. The monoisotopic (exact) mass is 154 g/mol. The van der Waals surface area contributed by atoms with E-state index in [0.29, 0.717) is 13.0 Å². The zero-order valence-corrected chi connectivity index (χ0v) is 6.67. The highest BCUT2D eigenvalue weighted by molar-refractivity contribution is 5.95. The van der Waals surface area contributed by atoms with Crippen molar-refractivity contribution in [1.82, 2.24) is 0 Å². The van der Waals surface area contributed by atoms with Crippen LogP contribution < -0.4 is 5.11 Å². The van der Waals surface area contributed by atoms with Crippen LogP contribution in [0, 0.1) is 0 Å². The minimum absolute atomic E-state index is 0.0187. The van der Waals surface area contributed by atoms with Crippen LogP contribution in [0.1, 0.15) is 19.8 Å². The van der Waals surface area contributed by atoms with Gasteiger partial charge in [-0.2, -0.15) is 0 Å². The highest BCUT2D eigenvalue weighted by Gasteiger charge is 1.92. The molecule has 0 aliphatic rings. The molecule has 0 aromatic heterocycles. The lowest BCUT2D eigenvalue weighted by Gasteiger charge is -2.01. The normalized spacial score (nSPS) is 11.2. The Labute approximate surface area is 66.5 Å². The van der Waals surface area contributed by atoms with Gasteiger partial charge in [-0.1, -0.05) is 6.58 Å². The Morgan fingerprint density at radius 2 is 2.27 bits per heavy atom. The summed E-state index contributed by atoms with van der Waals surface area (Å²) in [6.07, 6.45) is 2.01. The van der Waals surface area contributed by atoms with Gasteiger partial charge in [-0.15, -0.1) is 0 Å². The molecule has 3 heteroatoms. The zero-order valence-electron chi connectivity index (χ0n) is 6.67. The molecule has 3 nitrogen and oxygen atoms in total. The van der Waals surface area contributed by atoms with Gasteiger partial charge in [0.15, 0.2) is 0 Å². The van der Waals surface area contributed by atoms with Gasteiger partial charge in [-0.3, -0.25) is 4.99 Å². The van der Waals surface area contributed by atoms with Crippen LogP contribution in [0.2, 0.25) is 0 Å². The highest BCUT2D eigenvalue weighted by atomic mass is 16.4. The fraction of sp³-hybridized carbons (Fsp3) is 0.500. The number of carboxylic acid groups (broad SMARTS) is 1. The lowest BCUT2D eigenvalue weighted by atomic mass is 10.2. The summed E-state index contributed by atoms with van der Waals surface area (Å²) in [7, 11) is 0. The quantitative estimate of drug-likeness (QED) is 0.530. The van der Waals surface area contributed by atoms with E-state index in [1.165, 1.54) is 0 Å². The maximum atomic E-state index is 10.0. The summed E-state index contributed by atoms with van der Waals surface area (Å²) in [5.74, 6) is -1.05. The largest absolute Gasteiger partial charge is 0.550 e. The molecule has 0 saturated carbocycles. The predicted octanol–water partition coefficient (Wildman–Crippen LogP) is 0.163. The fourth-order valence-electron chi connectivity index (χ4n) is 0.679. The Bertz CT molecular complexity index is 173.